The molecule has 1 aliphatic heterocycles. The summed E-state index contributed by atoms with van der Waals surface area (Å²) in [6.45, 7) is 14.3. The Kier molecular flexibility index (Phi) is 7.14. The predicted octanol–water partition coefficient (Wildman–Crippen LogP) is 3.13. The zero-order valence-electron chi connectivity index (χ0n) is 12.3. The lowest BCUT2D eigenvalue weighted by Gasteiger charge is -2.23. The first-order valence-corrected chi connectivity index (χ1v) is 7.59. The van der Waals surface area contributed by atoms with Crippen molar-refractivity contribution in [2.45, 2.75) is 59.4 Å². The summed E-state index contributed by atoms with van der Waals surface area (Å²) < 4.78 is 0. The fraction of sp³-hybridized carbons (Fsp3) is 1.00. The van der Waals surface area contributed by atoms with Gasteiger partial charge in [-0.1, -0.05) is 20.8 Å². The lowest BCUT2D eigenvalue weighted by molar-refractivity contribution is 0.259. The van der Waals surface area contributed by atoms with E-state index in [0.29, 0.717) is 6.04 Å². The van der Waals surface area contributed by atoms with Gasteiger partial charge in [0.25, 0.3) is 0 Å². The third-order valence-electron chi connectivity index (χ3n) is 4.24. The molecule has 2 heteroatoms. The summed E-state index contributed by atoms with van der Waals surface area (Å²) in [7, 11) is 0. The van der Waals surface area contributed by atoms with Crippen molar-refractivity contribution in [3.05, 3.63) is 0 Å². The molecular weight excluding hydrogens is 208 g/mol. The highest BCUT2D eigenvalue weighted by Gasteiger charge is 2.19. The van der Waals surface area contributed by atoms with Gasteiger partial charge in [0.1, 0.15) is 0 Å². The van der Waals surface area contributed by atoms with Crippen LogP contribution in [0.2, 0.25) is 0 Å². The summed E-state index contributed by atoms with van der Waals surface area (Å²) in [6, 6.07) is 0.671. The van der Waals surface area contributed by atoms with Crippen LogP contribution in [-0.2, 0) is 0 Å². The van der Waals surface area contributed by atoms with Crippen molar-refractivity contribution < 1.29 is 0 Å². The molecule has 1 N–H and O–H groups in total. The van der Waals surface area contributed by atoms with Crippen molar-refractivity contribution in [1.82, 2.24) is 10.2 Å². The molecule has 1 saturated heterocycles. The molecule has 0 amide bonds. The molecule has 0 bridgehead atoms. The van der Waals surface area contributed by atoms with Gasteiger partial charge >= 0.3 is 0 Å². The predicted molar refractivity (Wildman–Crippen MR) is 76.4 cm³/mol. The van der Waals surface area contributed by atoms with Gasteiger partial charge in [0.2, 0.25) is 0 Å². The number of hydrogen-bond acceptors (Lipinski definition) is 2. The highest BCUT2D eigenvalue weighted by Crippen LogP contribution is 2.24. The second-order valence-electron chi connectivity index (χ2n) is 6.02. The van der Waals surface area contributed by atoms with Gasteiger partial charge in [0.05, 0.1) is 0 Å². The summed E-state index contributed by atoms with van der Waals surface area (Å²) in [5.41, 5.74) is 0. The molecule has 102 valence electrons. The van der Waals surface area contributed by atoms with E-state index in [1.807, 2.05) is 0 Å². The van der Waals surface area contributed by atoms with Gasteiger partial charge in [-0.2, -0.15) is 0 Å². The number of hydrogen-bond donors (Lipinski definition) is 1. The van der Waals surface area contributed by atoms with Gasteiger partial charge in [-0.05, 0) is 70.6 Å². The second kappa shape index (κ2) is 8.10. The van der Waals surface area contributed by atoms with Gasteiger partial charge in [-0.25, -0.2) is 0 Å². The summed E-state index contributed by atoms with van der Waals surface area (Å²) in [6.07, 6.45) is 5.54. The maximum atomic E-state index is 3.50. The average Bonchev–Trinajstić information content (AvgIpc) is 2.52. The fourth-order valence-electron chi connectivity index (χ4n) is 2.90. The smallest absolute Gasteiger partial charge is 0.00507 e. The highest BCUT2D eigenvalue weighted by atomic mass is 15.1. The Balaban J connectivity index is 2.22. The van der Waals surface area contributed by atoms with Crippen LogP contribution >= 0.6 is 0 Å². The molecule has 0 spiro atoms. The highest BCUT2D eigenvalue weighted by molar-refractivity contribution is 4.73. The lowest BCUT2D eigenvalue weighted by Crippen LogP contribution is -2.33. The Morgan fingerprint density at radius 2 is 1.94 bits per heavy atom. The molecule has 0 aromatic heterocycles. The second-order valence-corrected chi connectivity index (χ2v) is 6.02. The molecule has 0 aromatic carbocycles. The van der Waals surface area contributed by atoms with Gasteiger partial charge in [-0.15, -0.1) is 0 Å². The number of rotatable bonds is 6. The molecular formula is C15H32N2. The van der Waals surface area contributed by atoms with Crippen molar-refractivity contribution in [3.63, 3.8) is 0 Å². The minimum Gasteiger partial charge on any atom is -0.314 e. The third-order valence-corrected chi connectivity index (χ3v) is 4.24. The normalized spacial score (nSPS) is 24.9. The van der Waals surface area contributed by atoms with Crippen LogP contribution in [0.3, 0.4) is 0 Å². The molecule has 2 unspecified atom stereocenters. The molecule has 1 aliphatic rings. The SMILES string of the molecule is CCNC(C)CCN1CCCC(C(C)C)CC1. The summed E-state index contributed by atoms with van der Waals surface area (Å²) in [5, 5.41) is 3.50. The van der Waals surface area contributed by atoms with Gasteiger partial charge in [0.15, 0.2) is 0 Å². The summed E-state index contributed by atoms with van der Waals surface area (Å²) >= 11 is 0. The molecule has 0 aliphatic carbocycles. The molecule has 1 rings (SSSR count). The fourth-order valence-corrected chi connectivity index (χ4v) is 2.90. The van der Waals surface area contributed by atoms with Crippen LogP contribution in [0, 0.1) is 11.8 Å². The van der Waals surface area contributed by atoms with Crippen molar-refractivity contribution >= 4 is 0 Å². The van der Waals surface area contributed by atoms with E-state index in [1.165, 1.54) is 45.3 Å². The molecule has 17 heavy (non-hydrogen) atoms. The van der Waals surface area contributed by atoms with Crippen LogP contribution in [0.15, 0.2) is 0 Å². The maximum Gasteiger partial charge on any atom is 0.00507 e. The molecule has 1 heterocycles. The Morgan fingerprint density at radius 3 is 2.59 bits per heavy atom. The summed E-state index contributed by atoms with van der Waals surface area (Å²) in [5.74, 6) is 1.84. The average molecular weight is 240 g/mol. The Bertz CT molecular complexity index is 191. The molecule has 0 radical (unpaired) electrons. The monoisotopic (exact) mass is 240 g/mol. The first-order valence-electron chi connectivity index (χ1n) is 7.59. The van der Waals surface area contributed by atoms with E-state index < -0.39 is 0 Å². The minimum atomic E-state index is 0.671. The van der Waals surface area contributed by atoms with E-state index in [0.717, 1.165) is 18.4 Å². The van der Waals surface area contributed by atoms with Crippen LogP contribution < -0.4 is 5.32 Å². The molecule has 0 saturated carbocycles. The Hall–Kier alpha value is -0.0800. The molecule has 1 fully saturated rings. The minimum absolute atomic E-state index is 0.671. The van der Waals surface area contributed by atoms with Crippen LogP contribution in [0.5, 0.6) is 0 Å². The van der Waals surface area contributed by atoms with Crippen LogP contribution in [-0.4, -0.2) is 37.1 Å². The van der Waals surface area contributed by atoms with Gasteiger partial charge < -0.3 is 10.2 Å². The van der Waals surface area contributed by atoms with Crippen molar-refractivity contribution in [3.8, 4) is 0 Å². The van der Waals surface area contributed by atoms with E-state index in [2.05, 4.69) is 37.9 Å². The van der Waals surface area contributed by atoms with Crippen molar-refractivity contribution in [2.24, 2.45) is 11.8 Å². The van der Waals surface area contributed by atoms with Crippen molar-refractivity contribution in [2.75, 3.05) is 26.2 Å². The van der Waals surface area contributed by atoms with E-state index in [1.54, 1.807) is 0 Å². The van der Waals surface area contributed by atoms with Gasteiger partial charge in [-0.3, -0.25) is 0 Å². The number of likely N-dealkylation sites (tertiary alicyclic amines) is 1. The first-order chi connectivity index (χ1) is 8.13. The quantitative estimate of drug-likeness (QED) is 0.767. The molecule has 0 aromatic rings. The lowest BCUT2D eigenvalue weighted by atomic mass is 9.89. The van der Waals surface area contributed by atoms with E-state index in [4.69, 9.17) is 0 Å². The number of nitrogens with one attached hydrogen (secondary N) is 1. The van der Waals surface area contributed by atoms with E-state index in [9.17, 15) is 0 Å². The Morgan fingerprint density at radius 1 is 1.18 bits per heavy atom. The van der Waals surface area contributed by atoms with E-state index in [-0.39, 0.29) is 0 Å². The zero-order chi connectivity index (χ0) is 12.7. The molecule has 2 nitrogen and oxygen atoms in total. The zero-order valence-corrected chi connectivity index (χ0v) is 12.3. The topological polar surface area (TPSA) is 15.3 Å². The van der Waals surface area contributed by atoms with Crippen LogP contribution in [0.1, 0.15) is 53.4 Å². The third kappa shape index (κ3) is 5.87. The van der Waals surface area contributed by atoms with Crippen LogP contribution in [0.25, 0.3) is 0 Å². The summed E-state index contributed by atoms with van der Waals surface area (Å²) in [4.78, 5) is 2.68. The number of nitrogens with zero attached hydrogens (tertiary/aromatic N) is 1. The van der Waals surface area contributed by atoms with Crippen LogP contribution in [0.4, 0.5) is 0 Å². The first kappa shape index (κ1) is 15.0. The maximum absolute atomic E-state index is 3.50. The Labute approximate surface area is 108 Å². The molecule has 2 atom stereocenters. The van der Waals surface area contributed by atoms with E-state index >= 15 is 0 Å². The largest absolute Gasteiger partial charge is 0.314 e. The van der Waals surface area contributed by atoms with Gasteiger partial charge in [0, 0.05) is 6.04 Å². The van der Waals surface area contributed by atoms with Crippen molar-refractivity contribution in [1.29, 1.82) is 0 Å². The standard InChI is InChI=1S/C15H32N2/c1-5-16-14(4)8-11-17-10-6-7-15(9-12-17)13(2)3/h13-16H,5-12H2,1-4H3.